The van der Waals surface area contributed by atoms with Crippen molar-refractivity contribution in [3.8, 4) is 0 Å². The van der Waals surface area contributed by atoms with Crippen LogP contribution in [0.15, 0.2) is 21.3 Å². The largest absolute Gasteiger partial charge is 0.368 e. The van der Waals surface area contributed by atoms with E-state index in [4.69, 9.17) is 0 Å². The van der Waals surface area contributed by atoms with E-state index in [0.717, 1.165) is 35.3 Å². The van der Waals surface area contributed by atoms with E-state index in [2.05, 4.69) is 53.1 Å². The highest BCUT2D eigenvalue weighted by Gasteiger charge is 2.11. The van der Waals surface area contributed by atoms with Gasteiger partial charge in [-0.2, -0.15) is 0 Å². The lowest BCUT2D eigenvalue weighted by molar-refractivity contribution is 0.588. The summed E-state index contributed by atoms with van der Waals surface area (Å²) in [6, 6.07) is 2.10. The highest BCUT2D eigenvalue weighted by Crippen LogP contribution is 2.25. The summed E-state index contributed by atoms with van der Waals surface area (Å²) >= 11 is 6.83. The number of aromatic nitrogens is 1. The Bertz CT molecular complexity index is 324. The van der Waals surface area contributed by atoms with Crippen molar-refractivity contribution in [2.24, 2.45) is 0 Å². The van der Waals surface area contributed by atoms with Crippen LogP contribution in [0.2, 0.25) is 0 Å². The maximum absolute atomic E-state index is 4.26. The standard InChI is InChI=1S/C9H11Br2N3/c10-8-5-7(6-13-9(8)11)14-3-1-12-2-4-14/h5-6,12H,1-4H2. The van der Waals surface area contributed by atoms with Crippen molar-refractivity contribution >= 4 is 37.5 Å². The lowest BCUT2D eigenvalue weighted by Gasteiger charge is -2.29. The van der Waals surface area contributed by atoms with E-state index in [1.54, 1.807) is 0 Å². The molecule has 0 radical (unpaired) electrons. The smallest absolute Gasteiger partial charge is 0.120 e. The van der Waals surface area contributed by atoms with Gasteiger partial charge in [0.25, 0.3) is 0 Å². The van der Waals surface area contributed by atoms with Crippen LogP contribution in [-0.2, 0) is 0 Å². The topological polar surface area (TPSA) is 28.2 Å². The van der Waals surface area contributed by atoms with E-state index in [1.807, 2.05) is 6.20 Å². The van der Waals surface area contributed by atoms with Gasteiger partial charge in [-0.1, -0.05) is 0 Å². The molecule has 0 spiro atoms. The second kappa shape index (κ2) is 4.59. The van der Waals surface area contributed by atoms with Crippen LogP contribution in [0.25, 0.3) is 0 Å². The quantitative estimate of drug-likeness (QED) is 0.802. The van der Waals surface area contributed by atoms with Gasteiger partial charge in [0.2, 0.25) is 0 Å². The van der Waals surface area contributed by atoms with E-state index in [0.29, 0.717) is 0 Å². The predicted molar refractivity (Wildman–Crippen MR) is 64.7 cm³/mol. The minimum absolute atomic E-state index is 0.858. The zero-order valence-electron chi connectivity index (χ0n) is 7.63. The molecule has 2 heterocycles. The molecule has 0 saturated carbocycles. The molecule has 1 aromatic heterocycles. The van der Waals surface area contributed by atoms with E-state index in [1.165, 1.54) is 5.69 Å². The van der Waals surface area contributed by atoms with Crippen LogP contribution < -0.4 is 10.2 Å². The number of anilines is 1. The van der Waals surface area contributed by atoms with Gasteiger partial charge in [-0.25, -0.2) is 4.98 Å². The highest BCUT2D eigenvalue weighted by atomic mass is 79.9. The van der Waals surface area contributed by atoms with Gasteiger partial charge in [0.05, 0.1) is 16.4 Å². The van der Waals surface area contributed by atoms with Gasteiger partial charge < -0.3 is 10.2 Å². The number of nitrogens with one attached hydrogen (secondary N) is 1. The molecule has 3 nitrogen and oxygen atoms in total. The summed E-state index contributed by atoms with van der Waals surface area (Å²) in [6.45, 7) is 4.20. The Hall–Kier alpha value is -0.130. The zero-order valence-corrected chi connectivity index (χ0v) is 10.8. The summed E-state index contributed by atoms with van der Waals surface area (Å²) in [5.74, 6) is 0. The maximum atomic E-state index is 4.26. The Kier molecular flexibility index (Phi) is 3.41. The maximum Gasteiger partial charge on any atom is 0.120 e. The van der Waals surface area contributed by atoms with Gasteiger partial charge in [0.1, 0.15) is 4.60 Å². The van der Waals surface area contributed by atoms with Gasteiger partial charge in [-0.15, -0.1) is 0 Å². The number of hydrogen-bond donors (Lipinski definition) is 1. The Morgan fingerprint density at radius 3 is 2.64 bits per heavy atom. The van der Waals surface area contributed by atoms with Crippen molar-refractivity contribution in [1.29, 1.82) is 0 Å². The first-order valence-corrected chi connectivity index (χ1v) is 6.12. The molecule has 0 bridgehead atoms. The van der Waals surface area contributed by atoms with Crippen molar-refractivity contribution < 1.29 is 0 Å². The fourth-order valence-electron chi connectivity index (χ4n) is 1.51. The molecule has 1 aliphatic rings. The monoisotopic (exact) mass is 319 g/mol. The summed E-state index contributed by atoms with van der Waals surface area (Å²) in [5.41, 5.74) is 1.18. The number of nitrogens with zero attached hydrogens (tertiary/aromatic N) is 2. The van der Waals surface area contributed by atoms with Gasteiger partial charge in [-0.05, 0) is 37.9 Å². The Labute approximate surface area is 100 Å². The predicted octanol–water partition coefficient (Wildman–Crippen LogP) is 2.02. The summed E-state index contributed by atoms with van der Waals surface area (Å²) < 4.78 is 1.87. The molecule has 0 amide bonds. The van der Waals surface area contributed by atoms with Crippen LogP contribution in [0.4, 0.5) is 5.69 Å². The molecule has 0 aliphatic carbocycles. The summed E-state index contributed by atoms with van der Waals surface area (Å²) in [7, 11) is 0. The Morgan fingerprint density at radius 2 is 2.00 bits per heavy atom. The molecule has 1 N–H and O–H groups in total. The third kappa shape index (κ3) is 2.27. The molecule has 2 rings (SSSR count). The summed E-state index contributed by atoms with van der Waals surface area (Å²) in [6.07, 6.45) is 1.90. The second-order valence-electron chi connectivity index (χ2n) is 3.20. The van der Waals surface area contributed by atoms with Crippen molar-refractivity contribution in [2.75, 3.05) is 31.1 Å². The highest BCUT2D eigenvalue weighted by molar-refractivity contribution is 9.13. The molecule has 1 fully saturated rings. The first-order chi connectivity index (χ1) is 6.77. The molecular formula is C9H11Br2N3. The Balaban J connectivity index is 2.18. The molecule has 0 aromatic carbocycles. The summed E-state index contributed by atoms with van der Waals surface area (Å²) in [5, 5.41) is 3.33. The van der Waals surface area contributed by atoms with E-state index < -0.39 is 0 Å². The lowest BCUT2D eigenvalue weighted by atomic mass is 10.3. The van der Waals surface area contributed by atoms with Crippen LogP contribution >= 0.6 is 31.9 Å². The Morgan fingerprint density at radius 1 is 1.29 bits per heavy atom. The van der Waals surface area contributed by atoms with Crippen LogP contribution in [0, 0.1) is 0 Å². The molecule has 1 saturated heterocycles. The molecule has 0 unspecified atom stereocenters. The van der Waals surface area contributed by atoms with Crippen LogP contribution in [-0.4, -0.2) is 31.2 Å². The van der Waals surface area contributed by atoms with Crippen molar-refractivity contribution in [2.45, 2.75) is 0 Å². The van der Waals surface area contributed by atoms with Gasteiger partial charge in [0.15, 0.2) is 0 Å². The van der Waals surface area contributed by atoms with Crippen LogP contribution in [0.3, 0.4) is 0 Å². The number of pyridine rings is 1. The first kappa shape index (κ1) is 10.4. The average molecular weight is 321 g/mol. The van der Waals surface area contributed by atoms with Gasteiger partial charge in [-0.3, -0.25) is 0 Å². The van der Waals surface area contributed by atoms with E-state index >= 15 is 0 Å². The first-order valence-electron chi connectivity index (χ1n) is 4.54. The van der Waals surface area contributed by atoms with E-state index in [9.17, 15) is 0 Å². The summed E-state index contributed by atoms with van der Waals surface area (Å²) in [4.78, 5) is 6.60. The third-order valence-electron chi connectivity index (χ3n) is 2.26. The molecule has 0 atom stereocenters. The molecule has 5 heteroatoms. The number of rotatable bonds is 1. The van der Waals surface area contributed by atoms with Crippen molar-refractivity contribution in [3.63, 3.8) is 0 Å². The lowest BCUT2D eigenvalue weighted by Crippen LogP contribution is -2.43. The minimum atomic E-state index is 0.858. The number of halogens is 2. The average Bonchev–Trinajstić information content (AvgIpc) is 2.23. The van der Waals surface area contributed by atoms with E-state index in [-0.39, 0.29) is 0 Å². The van der Waals surface area contributed by atoms with Crippen LogP contribution in [0.5, 0.6) is 0 Å². The SMILES string of the molecule is Brc1cc(N2CCNCC2)cnc1Br. The fraction of sp³-hybridized carbons (Fsp3) is 0.444. The molecule has 76 valence electrons. The number of piperazine rings is 1. The molecule has 1 aliphatic heterocycles. The fourth-order valence-corrected chi connectivity index (χ4v) is 2.06. The molecule has 1 aromatic rings. The second-order valence-corrected chi connectivity index (χ2v) is 4.81. The molecule has 14 heavy (non-hydrogen) atoms. The van der Waals surface area contributed by atoms with Gasteiger partial charge in [0, 0.05) is 26.2 Å². The normalized spacial score (nSPS) is 17.1. The van der Waals surface area contributed by atoms with Crippen molar-refractivity contribution in [1.82, 2.24) is 10.3 Å². The minimum Gasteiger partial charge on any atom is -0.368 e. The van der Waals surface area contributed by atoms with Gasteiger partial charge >= 0.3 is 0 Å². The zero-order chi connectivity index (χ0) is 9.97. The van der Waals surface area contributed by atoms with Crippen LogP contribution in [0.1, 0.15) is 0 Å². The number of hydrogen-bond acceptors (Lipinski definition) is 3. The molecular weight excluding hydrogens is 310 g/mol. The van der Waals surface area contributed by atoms with Crippen molar-refractivity contribution in [3.05, 3.63) is 21.3 Å². The third-order valence-corrected chi connectivity index (χ3v) is 4.03.